The lowest BCUT2D eigenvalue weighted by molar-refractivity contribution is -0.384. The van der Waals surface area contributed by atoms with Gasteiger partial charge in [0.15, 0.2) is 0 Å². The maximum absolute atomic E-state index is 12.5. The van der Waals surface area contributed by atoms with Crippen LogP contribution in [-0.4, -0.2) is 38.4 Å². The number of hydrogen-bond donors (Lipinski definition) is 2. The van der Waals surface area contributed by atoms with E-state index in [1.54, 1.807) is 0 Å². The second-order valence-electron chi connectivity index (χ2n) is 5.41. The van der Waals surface area contributed by atoms with Gasteiger partial charge in [0.05, 0.1) is 4.92 Å². The topological polar surface area (TPSA) is 157 Å². The van der Waals surface area contributed by atoms with Crippen molar-refractivity contribution in [3.05, 3.63) is 46.1 Å². The van der Waals surface area contributed by atoms with Crippen LogP contribution in [0, 0.1) is 10.1 Å². The number of hydrogen-bond acceptors (Lipinski definition) is 7. The Bertz CT molecular complexity index is 817. The molecule has 3 amide bonds. The number of nitro benzene ring substituents is 1. The number of primary amides is 1. The number of carbonyl (C=O) groups excluding carboxylic acids is 2. The third-order valence-electron chi connectivity index (χ3n) is 3.79. The van der Waals surface area contributed by atoms with Crippen molar-refractivity contribution in [2.45, 2.75) is 18.9 Å². The summed E-state index contributed by atoms with van der Waals surface area (Å²) >= 11 is 0. The molecule has 3 rings (SSSR count). The van der Waals surface area contributed by atoms with Gasteiger partial charge >= 0.3 is 6.03 Å². The second-order valence-corrected chi connectivity index (χ2v) is 5.41. The number of nitrogens with one attached hydrogen (secondary N) is 1. The van der Waals surface area contributed by atoms with E-state index in [0.717, 1.165) is 6.42 Å². The van der Waals surface area contributed by atoms with Crippen LogP contribution in [0.15, 0.2) is 28.8 Å². The molecule has 11 heteroatoms. The van der Waals surface area contributed by atoms with Crippen LogP contribution in [0.1, 0.15) is 35.4 Å². The third-order valence-corrected chi connectivity index (χ3v) is 3.79. The molecule has 1 aliphatic rings. The fourth-order valence-electron chi connectivity index (χ4n) is 2.60. The van der Waals surface area contributed by atoms with E-state index in [1.807, 2.05) is 0 Å². The van der Waals surface area contributed by atoms with Gasteiger partial charge in [-0.25, -0.2) is 4.79 Å². The van der Waals surface area contributed by atoms with Crippen molar-refractivity contribution >= 4 is 23.3 Å². The zero-order chi connectivity index (χ0) is 18.0. The molecule has 0 saturated carbocycles. The number of benzene rings is 1. The summed E-state index contributed by atoms with van der Waals surface area (Å²) in [6.07, 6.45) is 1.33. The lowest BCUT2D eigenvalue weighted by Crippen LogP contribution is -2.34. The molecule has 130 valence electrons. The number of nitrogens with zero attached hydrogens (tertiary/aromatic N) is 4. The van der Waals surface area contributed by atoms with E-state index in [1.165, 1.54) is 29.2 Å². The van der Waals surface area contributed by atoms with Crippen LogP contribution in [0.5, 0.6) is 0 Å². The molecular formula is C14H14N6O5. The summed E-state index contributed by atoms with van der Waals surface area (Å²) in [7, 11) is 0. The highest BCUT2D eigenvalue weighted by molar-refractivity contribution is 5.90. The van der Waals surface area contributed by atoms with Crippen LogP contribution in [-0.2, 0) is 0 Å². The zero-order valence-electron chi connectivity index (χ0n) is 12.9. The molecule has 1 aliphatic heterocycles. The van der Waals surface area contributed by atoms with Gasteiger partial charge in [-0.15, -0.1) is 0 Å². The first-order valence-corrected chi connectivity index (χ1v) is 7.41. The Kier molecular flexibility index (Phi) is 4.29. The molecule has 1 fully saturated rings. The molecule has 1 aromatic carbocycles. The van der Waals surface area contributed by atoms with E-state index in [0.29, 0.717) is 18.7 Å². The van der Waals surface area contributed by atoms with Gasteiger partial charge in [0.1, 0.15) is 6.04 Å². The average Bonchev–Trinajstić information content (AvgIpc) is 3.24. The molecule has 1 atom stereocenters. The predicted molar refractivity (Wildman–Crippen MR) is 83.6 cm³/mol. The number of carbonyl (C=O) groups is 2. The quantitative estimate of drug-likeness (QED) is 0.626. The summed E-state index contributed by atoms with van der Waals surface area (Å²) < 4.78 is 5.02. The van der Waals surface area contributed by atoms with Gasteiger partial charge in [-0.2, -0.15) is 4.98 Å². The highest BCUT2D eigenvalue weighted by Crippen LogP contribution is 2.31. The Morgan fingerprint density at radius 1 is 1.36 bits per heavy atom. The minimum atomic E-state index is -0.810. The first-order valence-electron chi connectivity index (χ1n) is 7.41. The van der Waals surface area contributed by atoms with E-state index >= 15 is 0 Å². The number of nitro groups is 1. The Balaban J connectivity index is 1.71. The maximum atomic E-state index is 12.5. The standard InChI is InChI=1S/C14H14N6O5/c15-11(21)12-17-13(25-18-12)10-2-1-7-19(10)14(22)16-8-3-5-9(6-4-8)20(23)24/h3-6,10H,1-2,7H2,(H2,15,21)(H,16,22)/t10-/m1/s1. The molecule has 2 aromatic rings. The lowest BCUT2D eigenvalue weighted by Gasteiger charge is -2.22. The van der Waals surface area contributed by atoms with Crippen LogP contribution < -0.4 is 11.1 Å². The first-order chi connectivity index (χ1) is 12.0. The summed E-state index contributed by atoms with van der Waals surface area (Å²) in [5.74, 6) is -0.905. The molecule has 0 radical (unpaired) electrons. The SMILES string of the molecule is NC(=O)c1noc([C@H]2CCCN2C(=O)Nc2ccc([N+](=O)[O-])cc2)n1. The molecule has 25 heavy (non-hydrogen) atoms. The molecule has 0 aliphatic carbocycles. The van der Waals surface area contributed by atoms with Gasteiger partial charge in [0.2, 0.25) is 5.89 Å². The molecule has 11 nitrogen and oxygen atoms in total. The minimum Gasteiger partial charge on any atom is -0.363 e. The molecule has 1 aromatic heterocycles. The number of anilines is 1. The maximum Gasteiger partial charge on any atom is 0.322 e. The van der Waals surface area contributed by atoms with Gasteiger partial charge in [0, 0.05) is 24.4 Å². The van der Waals surface area contributed by atoms with Crippen molar-refractivity contribution in [1.29, 1.82) is 0 Å². The number of aromatic nitrogens is 2. The Morgan fingerprint density at radius 2 is 2.08 bits per heavy atom. The van der Waals surface area contributed by atoms with Crippen LogP contribution in [0.25, 0.3) is 0 Å². The molecule has 1 saturated heterocycles. The van der Waals surface area contributed by atoms with Crippen LogP contribution >= 0.6 is 0 Å². The average molecular weight is 346 g/mol. The molecule has 0 spiro atoms. The number of urea groups is 1. The van der Waals surface area contributed by atoms with E-state index in [-0.39, 0.29) is 17.4 Å². The Hall–Kier alpha value is -3.50. The monoisotopic (exact) mass is 346 g/mol. The highest BCUT2D eigenvalue weighted by Gasteiger charge is 2.34. The second kappa shape index (κ2) is 6.55. The van der Waals surface area contributed by atoms with E-state index in [9.17, 15) is 19.7 Å². The number of likely N-dealkylation sites (tertiary alicyclic amines) is 1. The Morgan fingerprint density at radius 3 is 2.68 bits per heavy atom. The van der Waals surface area contributed by atoms with Gasteiger partial charge < -0.3 is 20.5 Å². The van der Waals surface area contributed by atoms with E-state index in [4.69, 9.17) is 10.3 Å². The van der Waals surface area contributed by atoms with Crippen molar-refractivity contribution in [2.24, 2.45) is 5.73 Å². The number of non-ortho nitro benzene ring substituents is 1. The van der Waals surface area contributed by atoms with Crippen LogP contribution in [0.4, 0.5) is 16.2 Å². The summed E-state index contributed by atoms with van der Waals surface area (Å²) in [6, 6.07) is 4.62. The molecule has 0 unspecified atom stereocenters. The highest BCUT2D eigenvalue weighted by atomic mass is 16.6. The molecule has 0 bridgehead atoms. The number of rotatable bonds is 4. The van der Waals surface area contributed by atoms with Gasteiger partial charge in [-0.05, 0) is 25.0 Å². The zero-order valence-corrected chi connectivity index (χ0v) is 12.9. The lowest BCUT2D eigenvalue weighted by atomic mass is 10.2. The van der Waals surface area contributed by atoms with Crippen molar-refractivity contribution in [3.8, 4) is 0 Å². The summed E-state index contributed by atoms with van der Waals surface area (Å²) in [5, 5.41) is 16.8. The smallest absolute Gasteiger partial charge is 0.322 e. The van der Waals surface area contributed by atoms with Gasteiger partial charge in [-0.1, -0.05) is 5.16 Å². The van der Waals surface area contributed by atoms with Crippen LogP contribution in [0.2, 0.25) is 0 Å². The van der Waals surface area contributed by atoms with Gasteiger partial charge in [-0.3, -0.25) is 14.9 Å². The summed E-state index contributed by atoms with van der Waals surface area (Å²) in [4.78, 5) is 39.1. The summed E-state index contributed by atoms with van der Waals surface area (Å²) in [5.41, 5.74) is 5.44. The molecule has 3 N–H and O–H groups in total. The van der Waals surface area contributed by atoms with Crippen molar-refractivity contribution in [3.63, 3.8) is 0 Å². The molecular weight excluding hydrogens is 332 g/mol. The van der Waals surface area contributed by atoms with Crippen molar-refractivity contribution < 1.29 is 19.0 Å². The Labute approximate surface area is 140 Å². The van der Waals surface area contributed by atoms with E-state index < -0.39 is 22.9 Å². The third kappa shape index (κ3) is 3.39. The van der Waals surface area contributed by atoms with Crippen LogP contribution in [0.3, 0.4) is 0 Å². The largest absolute Gasteiger partial charge is 0.363 e. The number of nitrogens with two attached hydrogens (primary N) is 1. The fraction of sp³-hybridized carbons (Fsp3) is 0.286. The fourth-order valence-corrected chi connectivity index (χ4v) is 2.60. The minimum absolute atomic E-state index is 0.0677. The number of amides is 3. The normalized spacial score (nSPS) is 16.6. The van der Waals surface area contributed by atoms with E-state index in [2.05, 4.69) is 15.5 Å². The summed E-state index contributed by atoms with van der Waals surface area (Å²) in [6.45, 7) is 0.470. The predicted octanol–water partition coefficient (Wildman–Crippen LogP) is 1.45. The van der Waals surface area contributed by atoms with Crippen molar-refractivity contribution in [2.75, 3.05) is 11.9 Å². The van der Waals surface area contributed by atoms with Crippen molar-refractivity contribution in [1.82, 2.24) is 15.0 Å². The first kappa shape index (κ1) is 16.4. The van der Waals surface area contributed by atoms with Gasteiger partial charge in [0.25, 0.3) is 17.4 Å². The molecule has 2 heterocycles.